The van der Waals surface area contributed by atoms with Gasteiger partial charge in [-0.05, 0) is 40.6 Å². The number of imidazole rings is 1. The van der Waals surface area contributed by atoms with Crippen molar-refractivity contribution in [3.63, 3.8) is 0 Å². The first-order valence-corrected chi connectivity index (χ1v) is 17.8. The van der Waals surface area contributed by atoms with Crippen LogP contribution in [0.1, 0.15) is 84.2 Å². The van der Waals surface area contributed by atoms with Crippen LogP contribution in [0.25, 0.3) is 11.2 Å². The lowest BCUT2D eigenvalue weighted by Crippen LogP contribution is -2.49. The number of aryl methyl sites for hydroxylation is 1. The van der Waals surface area contributed by atoms with Crippen LogP contribution in [0.2, 0.25) is 16.6 Å². The van der Waals surface area contributed by atoms with Gasteiger partial charge in [-0.3, -0.25) is 14.2 Å². The molecule has 1 aliphatic carbocycles. The molecule has 3 aromatic rings. The van der Waals surface area contributed by atoms with E-state index >= 15 is 0 Å². The third kappa shape index (κ3) is 5.99. The Morgan fingerprint density at radius 1 is 1.00 bits per heavy atom. The first-order chi connectivity index (χ1) is 20.9. The standard InChI is InChI=1S/C32H45N5O6Si/c1-18(2)44(19(3)4,20(5)6)42-15-26-23(13-27(38)39)24(14-28(40)41)32(43-26)37-17-35-29-30(33-16-34-31(29)37)36-25-12-11-21-9-7-8-10-22(21)25/h7-10,16-20,23-26,32H,11-15H2,1-6H3,(H,38,39)(H,40,41)(H,33,34,36)/t23-,24+,25+,26+,32-/m1/s1. The molecule has 3 N–H and O–H groups in total. The Hall–Kier alpha value is -3.35. The maximum Gasteiger partial charge on any atom is 0.303 e. The van der Waals surface area contributed by atoms with Gasteiger partial charge in [-0.1, -0.05) is 65.8 Å². The van der Waals surface area contributed by atoms with E-state index in [-0.39, 0.29) is 25.5 Å². The molecule has 3 heterocycles. The number of fused-ring (bicyclic) bond motifs is 2. The second-order valence-electron chi connectivity index (χ2n) is 13.2. The number of carboxylic acids is 2. The van der Waals surface area contributed by atoms with Gasteiger partial charge in [0.15, 0.2) is 25.3 Å². The molecule has 1 saturated heterocycles. The first kappa shape index (κ1) is 32.1. The minimum absolute atomic E-state index is 0.0886. The highest BCUT2D eigenvalue weighted by Gasteiger charge is 2.50. The summed E-state index contributed by atoms with van der Waals surface area (Å²) in [5.41, 5.74) is 4.60. The van der Waals surface area contributed by atoms with Gasteiger partial charge in [0.1, 0.15) is 12.6 Å². The average molecular weight is 624 g/mol. The van der Waals surface area contributed by atoms with E-state index in [1.54, 1.807) is 10.9 Å². The van der Waals surface area contributed by atoms with Crippen molar-refractivity contribution in [2.24, 2.45) is 11.8 Å². The quantitative estimate of drug-likeness (QED) is 0.188. The molecule has 1 fully saturated rings. The highest BCUT2D eigenvalue weighted by Crippen LogP contribution is 2.47. The fourth-order valence-corrected chi connectivity index (χ4v) is 13.4. The molecule has 2 aliphatic rings. The van der Waals surface area contributed by atoms with Crippen molar-refractivity contribution in [1.29, 1.82) is 0 Å². The normalized spacial score (nSPS) is 23.6. The second-order valence-corrected chi connectivity index (χ2v) is 18.7. The van der Waals surface area contributed by atoms with E-state index in [0.717, 1.165) is 12.8 Å². The third-order valence-electron chi connectivity index (χ3n) is 9.81. The van der Waals surface area contributed by atoms with Gasteiger partial charge >= 0.3 is 11.9 Å². The number of hydrogen-bond acceptors (Lipinski definition) is 8. The van der Waals surface area contributed by atoms with Crippen molar-refractivity contribution in [1.82, 2.24) is 19.5 Å². The first-order valence-electron chi connectivity index (χ1n) is 15.7. The van der Waals surface area contributed by atoms with Crippen LogP contribution >= 0.6 is 0 Å². The Kier molecular flexibility index (Phi) is 9.43. The Morgan fingerprint density at radius 3 is 2.32 bits per heavy atom. The number of aliphatic carboxylic acids is 2. The van der Waals surface area contributed by atoms with Crippen molar-refractivity contribution in [2.75, 3.05) is 11.9 Å². The topological polar surface area (TPSA) is 149 Å². The van der Waals surface area contributed by atoms with Crippen LogP contribution in [0.3, 0.4) is 0 Å². The van der Waals surface area contributed by atoms with Gasteiger partial charge in [0.25, 0.3) is 0 Å². The van der Waals surface area contributed by atoms with Crippen molar-refractivity contribution >= 4 is 37.2 Å². The van der Waals surface area contributed by atoms with Gasteiger partial charge in [-0.25, -0.2) is 15.0 Å². The molecule has 0 saturated carbocycles. The van der Waals surface area contributed by atoms with Gasteiger partial charge in [-0.2, -0.15) is 0 Å². The van der Waals surface area contributed by atoms with Crippen LogP contribution in [0.5, 0.6) is 0 Å². The van der Waals surface area contributed by atoms with E-state index in [2.05, 4.69) is 73.9 Å². The molecule has 0 bridgehead atoms. The second kappa shape index (κ2) is 12.9. The Bertz CT molecular complexity index is 1470. The molecule has 0 unspecified atom stereocenters. The monoisotopic (exact) mass is 623 g/mol. The molecule has 2 aromatic heterocycles. The largest absolute Gasteiger partial charge is 0.481 e. The third-order valence-corrected chi connectivity index (χ3v) is 15.9. The van der Waals surface area contributed by atoms with Crippen LogP contribution in [0.4, 0.5) is 5.82 Å². The number of nitrogens with zero attached hydrogens (tertiary/aromatic N) is 4. The number of carbonyl (C=O) groups is 2. The van der Waals surface area contributed by atoms with Gasteiger partial charge < -0.3 is 24.7 Å². The predicted molar refractivity (Wildman–Crippen MR) is 169 cm³/mol. The SMILES string of the molecule is CC(C)[Si](OC[C@@H]1O[C@@H](n2cnc3c(N[C@H]4CCc5ccccc54)ncnc32)[C@@H](CC(=O)O)[C@H]1CC(=O)O)(C(C)C)C(C)C. The van der Waals surface area contributed by atoms with Crippen molar-refractivity contribution in [3.05, 3.63) is 48.0 Å². The van der Waals surface area contributed by atoms with Gasteiger partial charge in [0.2, 0.25) is 0 Å². The summed E-state index contributed by atoms with van der Waals surface area (Å²) in [4.78, 5) is 37.9. The summed E-state index contributed by atoms with van der Waals surface area (Å²) in [6.45, 7) is 13.4. The summed E-state index contributed by atoms with van der Waals surface area (Å²) in [7, 11) is -2.29. The molecule has 44 heavy (non-hydrogen) atoms. The van der Waals surface area contributed by atoms with E-state index in [4.69, 9.17) is 9.16 Å². The molecule has 11 nitrogen and oxygen atoms in total. The van der Waals surface area contributed by atoms with Crippen LogP contribution < -0.4 is 5.32 Å². The highest BCUT2D eigenvalue weighted by molar-refractivity contribution is 6.77. The lowest BCUT2D eigenvalue weighted by Gasteiger charge is -2.43. The molecule has 5 rings (SSSR count). The number of nitrogens with one attached hydrogen (secondary N) is 1. The molecular weight excluding hydrogens is 578 g/mol. The zero-order chi connectivity index (χ0) is 31.8. The van der Waals surface area contributed by atoms with Crippen molar-refractivity contribution < 1.29 is 29.0 Å². The van der Waals surface area contributed by atoms with E-state index in [1.165, 1.54) is 17.5 Å². The van der Waals surface area contributed by atoms with Crippen molar-refractivity contribution in [2.45, 2.75) is 102 Å². The number of hydrogen-bond donors (Lipinski definition) is 3. The zero-order valence-electron chi connectivity index (χ0n) is 26.4. The lowest BCUT2D eigenvalue weighted by atomic mass is 9.84. The van der Waals surface area contributed by atoms with E-state index in [1.807, 2.05) is 12.1 Å². The molecule has 0 amide bonds. The predicted octanol–water partition coefficient (Wildman–Crippen LogP) is 6.20. The molecular formula is C32H45N5O6Si. The molecule has 5 atom stereocenters. The highest BCUT2D eigenvalue weighted by atomic mass is 28.4. The number of aromatic nitrogens is 4. The Labute approximate surface area is 259 Å². The fraction of sp³-hybridized carbons (Fsp3) is 0.594. The molecule has 1 aromatic carbocycles. The minimum Gasteiger partial charge on any atom is -0.481 e. The molecule has 12 heteroatoms. The smallest absolute Gasteiger partial charge is 0.303 e. The lowest BCUT2D eigenvalue weighted by molar-refractivity contribution is -0.142. The fourth-order valence-electron chi connectivity index (χ4n) is 7.98. The van der Waals surface area contributed by atoms with E-state index < -0.39 is 44.4 Å². The summed E-state index contributed by atoms with van der Waals surface area (Å²) in [6, 6.07) is 8.44. The summed E-state index contributed by atoms with van der Waals surface area (Å²) in [5.74, 6) is -2.63. The summed E-state index contributed by atoms with van der Waals surface area (Å²) < 4.78 is 15.2. The zero-order valence-corrected chi connectivity index (χ0v) is 27.4. The van der Waals surface area contributed by atoms with E-state index in [9.17, 15) is 19.8 Å². The van der Waals surface area contributed by atoms with Crippen LogP contribution in [-0.2, 0) is 25.2 Å². The number of rotatable bonds is 13. The summed E-state index contributed by atoms with van der Waals surface area (Å²) >= 11 is 0. The van der Waals surface area contributed by atoms with Crippen LogP contribution in [0.15, 0.2) is 36.9 Å². The molecule has 1 aliphatic heterocycles. The van der Waals surface area contributed by atoms with Gasteiger partial charge in [0, 0.05) is 11.8 Å². The number of ether oxygens (including phenoxy) is 1. The van der Waals surface area contributed by atoms with Crippen molar-refractivity contribution in [3.8, 4) is 0 Å². The number of benzene rings is 1. The summed E-state index contributed by atoms with van der Waals surface area (Å²) in [6.07, 6.45) is 3.12. The molecule has 0 spiro atoms. The Balaban J connectivity index is 1.48. The maximum absolute atomic E-state index is 12.1. The van der Waals surface area contributed by atoms with E-state index in [0.29, 0.717) is 33.6 Å². The van der Waals surface area contributed by atoms with Crippen LogP contribution in [0, 0.1) is 11.8 Å². The Morgan fingerprint density at radius 2 is 1.66 bits per heavy atom. The minimum atomic E-state index is -2.29. The summed E-state index contributed by atoms with van der Waals surface area (Å²) in [5, 5.41) is 23.3. The molecule has 238 valence electrons. The number of carboxylic acid groups (broad SMARTS) is 2. The van der Waals surface area contributed by atoms with Crippen LogP contribution in [-0.4, -0.2) is 62.7 Å². The van der Waals surface area contributed by atoms with Gasteiger partial charge in [-0.15, -0.1) is 0 Å². The average Bonchev–Trinajstić information content (AvgIpc) is 3.65. The van der Waals surface area contributed by atoms with Gasteiger partial charge in [0.05, 0.1) is 37.9 Å². The molecule has 0 radical (unpaired) electrons. The number of anilines is 1. The maximum atomic E-state index is 12.1.